The average Bonchev–Trinajstić information content (AvgIpc) is 3.74. The molecule has 0 spiro atoms. The van der Waals surface area contributed by atoms with Crippen molar-refractivity contribution in [3.8, 4) is 33.4 Å². The molecule has 0 amide bonds. The molecule has 2 nitrogen and oxygen atoms in total. The quantitative estimate of drug-likeness (QED) is 0.166. The van der Waals surface area contributed by atoms with Crippen LogP contribution in [0, 0.1) is 0 Å². The van der Waals surface area contributed by atoms with Gasteiger partial charge in [-0.2, -0.15) is 0 Å². The van der Waals surface area contributed by atoms with E-state index in [4.69, 9.17) is 4.42 Å². The molecule has 9 aromatic carbocycles. The van der Waals surface area contributed by atoms with Crippen LogP contribution in [-0.4, -0.2) is 0 Å². The first-order valence-corrected chi connectivity index (χ1v) is 19.1. The highest BCUT2D eigenvalue weighted by molar-refractivity contribution is 6.16. The van der Waals surface area contributed by atoms with Gasteiger partial charge in [0.2, 0.25) is 0 Å². The van der Waals surface area contributed by atoms with Crippen molar-refractivity contribution >= 4 is 60.5 Å². The monoisotopic (exact) mass is 703 g/mol. The van der Waals surface area contributed by atoms with E-state index < -0.39 is 0 Å². The predicted octanol–water partition coefficient (Wildman–Crippen LogP) is 15.0. The summed E-state index contributed by atoms with van der Waals surface area (Å²) in [6, 6.07) is 68.2. The zero-order chi connectivity index (χ0) is 36.7. The lowest BCUT2D eigenvalue weighted by Gasteiger charge is -2.28. The molecular formula is C53H37NO. The van der Waals surface area contributed by atoms with Gasteiger partial charge in [-0.15, -0.1) is 0 Å². The highest BCUT2D eigenvalue weighted by atomic mass is 16.3. The summed E-state index contributed by atoms with van der Waals surface area (Å²) < 4.78 is 6.97. The third-order valence-corrected chi connectivity index (χ3v) is 11.9. The lowest BCUT2D eigenvalue weighted by atomic mass is 9.82. The van der Waals surface area contributed by atoms with E-state index in [1.54, 1.807) is 0 Å². The Morgan fingerprint density at radius 3 is 1.76 bits per heavy atom. The zero-order valence-electron chi connectivity index (χ0n) is 30.8. The molecule has 2 heteroatoms. The molecule has 0 fully saturated rings. The van der Waals surface area contributed by atoms with Crippen LogP contribution in [0.3, 0.4) is 0 Å². The van der Waals surface area contributed by atoms with Crippen LogP contribution in [0.4, 0.5) is 17.1 Å². The molecule has 0 N–H and O–H groups in total. The Morgan fingerprint density at radius 2 is 0.982 bits per heavy atom. The van der Waals surface area contributed by atoms with Crippen molar-refractivity contribution < 1.29 is 4.42 Å². The third-order valence-electron chi connectivity index (χ3n) is 11.9. The van der Waals surface area contributed by atoms with Crippen LogP contribution in [0.5, 0.6) is 0 Å². The summed E-state index contributed by atoms with van der Waals surface area (Å²) in [6.45, 7) is 4.64. The fourth-order valence-electron chi connectivity index (χ4n) is 9.14. The fourth-order valence-corrected chi connectivity index (χ4v) is 9.14. The molecule has 1 aliphatic rings. The number of fused-ring (bicyclic) bond motifs is 10. The lowest BCUT2D eigenvalue weighted by molar-refractivity contribution is 0.653. The molecule has 11 rings (SSSR count). The van der Waals surface area contributed by atoms with Crippen molar-refractivity contribution in [2.75, 3.05) is 4.90 Å². The number of furan rings is 1. The summed E-state index contributed by atoms with van der Waals surface area (Å²) >= 11 is 0. The first-order chi connectivity index (χ1) is 27.0. The molecule has 1 aliphatic carbocycles. The molecule has 0 aliphatic heterocycles. The number of nitrogens with zero attached hydrogens (tertiary/aromatic N) is 1. The molecule has 260 valence electrons. The Kier molecular flexibility index (Phi) is 6.93. The minimum absolute atomic E-state index is 0.0815. The van der Waals surface area contributed by atoms with E-state index in [9.17, 15) is 0 Å². The first kappa shape index (κ1) is 31.6. The van der Waals surface area contributed by atoms with Gasteiger partial charge in [0.15, 0.2) is 0 Å². The van der Waals surface area contributed by atoms with Gasteiger partial charge >= 0.3 is 0 Å². The summed E-state index contributed by atoms with van der Waals surface area (Å²) in [5, 5.41) is 7.23. The van der Waals surface area contributed by atoms with E-state index in [-0.39, 0.29) is 5.41 Å². The number of hydrogen-bond donors (Lipinski definition) is 0. The second-order valence-electron chi connectivity index (χ2n) is 15.3. The Morgan fingerprint density at radius 1 is 0.400 bits per heavy atom. The van der Waals surface area contributed by atoms with Crippen molar-refractivity contribution in [1.82, 2.24) is 0 Å². The van der Waals surface area contributed by atoms with E-state index >= 15 is 0 Å². The normalized spacial score (nSPS) is 13.1. The number of hydrogen-bond acceptors (Lipinski definition) is 2. The Bertz CT molecular complexity index is 3100. The van der Waals surface area contributed by atoms with Crippen LogP contribution in [0.25, 0.3) is 76.9 Å². The molecule has 0 bridgehead atoms. The Hall–Kier alpha value is -6.90. The van der Waals surface area contributed by atoms with Crippen LogP contribution in [0.1, 0.15) is 25.0 Å². The van der Waals surface area contributed by atoms with E-state index in [1.807, 2.05) is 0 Å². The maximum Gasteiger partial charge on any atom is 0.143 e. The number of rotatable bonds is 5. The number of anilines is 3. The van der Waals surface area contributed by atoms with Gasteiger partial charge in [-0.3, -0.25) is 0 Å². The van der Waals surface area contributed by atoms with Gasteiger partial charge in [0.05, 0.1) is 5.69 Å². The lowest BCUT2D eigenvalue weighted by Crippen LogP contribution is -2.14. The number of para-hydroxylation sites is 1. The van der Waals surface area contributed by atoms with Gasteiger partial charge in [0, 0.05) is 44.1 Å². The topological polar surface area (TPSA) is 16.4 Å². The molecule has 10 aromatic rings. The molecule has 0 saturated heterocycles. The zero-order valence-corrected chi connectivity index (χ0v) is 30.8. The van der Waals surface area contributed by atoms with E-state index in [1.165, 1.54) is 54.9 Å². The van der Waals surface area contributed by atoms with Gasteiger partial charge in [0.1, 0.15) is 11.2 Å². The van der Waals surface area contributed by atoms with Crippen molar-refractivity contribution in [2.45, 2.75) is 19.3 Å². The number of benzene rings is 9. The molecule has 1 aromatic heterocycles. The fraction of sp³-hybridized carbons (Fsp3) is 0.0566. The summed E-state index contributed by atoms with van der Waals surface area (Å²) in [6.07, 6.45) is 0. The van der Waals surface area contributed by atoms with Gasteiger partial charge in [-0.25, -0.2) is 0 Å². The highest BCUT2D eigenvalue weighted by Gasteiger charge is 2.37. The van der Waals surface area contributed by atoms with Gasteiger partial charge < -0.3 is 9.32 Å². The Labute approximate surface area is 320 Å². The van der Waals surface area contributed by atoms with Crippen molar-refractivity contribution in [3.63, 3.8) is 0 Å². The molecule has 1 heterocycles. The van der Waals surface area contributed by atoms with E-state index in [2.05, 4.69) is 207 Å². The minimum atomic E-state index is -0.0815. The van der Waals surface area contributed by atoms with Gasteiger partial charge in [-0.1, -0.05) is 172 Å². The van der Waals surface area contributed by atoms with Crippen LogP contribution in [0.2, 0.25) is 0 Å². The molecule has 0 unspecified atom stereocenters. The third kappa shape index (κ3) is 4.81. The molecule has 0 saturated carbocycles. The summed E-state index contributed by atoms with van der Waals surface area (Å²) in [5.41, 5.74) is 14.9. The maximum atomic E-state index is 6.97. The first-order valence-electron chi connectivity index (χ1n) is 19.1. The minimum Gasteiger partial charge on any atom is -0.455 e. The molecular weight excluding hydrogens is 667 g/mol. The average molecular weight is 704 g/mol. The molecule has 0 atom stereocenters. The standard InChI is InChI=1S/C53H37NO/c1-53(2)47-22-11-10-19-46(47)50-48(53)32-31-45-44-21-12-20-41(51(44)55-52(45)50)36-25-29-39(30-26-36)54(38-27-23-35(24-28-38)34-13-4-3-5-14-34)49-33-37-15-6-7-16-40(37)42-17-8-9-18-43(42)49/h3-33H,1-2H3. The van der Waals surface area contributed by atoms with Crippen LogP contribution >= 0.6 is 0 Å². The second-order valence-corrected chi connectivity index (χ2v) is 15.3. The molecule has 0 radical (unpaired) electrons. The van der Waals surface area contributed by atoms with Crippen LogP contribution in [0.15, 0.2) is 192 Å². The van der Waals surface area contributed by atoms with E-state index in [0.29, 0.717) is 0 Å². The van der Waals surface area contributed by atoms with E-state index in [0.717, 1.165) is 50.1 Å². The second kappa shape index (κ2) is 12.1. The van der Waals surface area contributed by atoms with Crippen LogP contribution in [-0.2, 0) is 5.41 Å². The predicted molar refractivity (Wildman–Crippen MR) is 232 cm³/mol. The largest absolute Gasteiger partial charge is 0.455 e. The Balaban J connectivity index is 1.07. The van der Waals surface area contributed by atoms with Gasteiger partial charge in [0.25, 0.3) is 0 Å². The maximum absolute atomic E-state index is 6.97. The SMILES string of the molecule is CC1(C)c2ccccc2-c2c1ccc1c2oc2c(-c3ccc(N(c4ccc(-c5ccccc5)cc4)c4cc5ccccc5c5ccccc45)cc3)cccc21. The van der Waals surface area contributed by atoms with Crippen LogP contribution < -0.4 is 4.90 Å². The van der Waals surface area contributed by atoms with Crippen molar-refractivity contribution in [3.05, 3.63) is 199 Å². The van der Waals surface area contributed by atoms with Crippen molar-refractivity contribution in [1.29, 1.82) is 0 Å². The molecule has 55 heavy (non-hydrogen) atoms. The van der Waals surface area contributed by atoms with Crippen molar-refractivity contribution in [2.24, 2.45) is 0 Å². The summed E-state index contributed by atoms with van der Waals surface area (Å²) in [7, 11) is 0. The van der Waals surface area contributed by atoms with Gasteiger partial charge in [-0.05, 0) is 79.9 Å². The summed E-state index contributed by atoms with van der Waals surface area (Å²) in [4.78, 5) is 2.40. The summed E-state index contributed by atoms with van der Waals surface area (Å²) in [5.74, 6) is 0. The highest BCUT2D eigenvalue weighted by Crippen LogP contribution is 2.53. The smallest absolute Gasteiger partial charge is 0.143 e.